The number of methoxy groups -OCH3 is 2. The first-order valence-electron chi connectivity index (χ1n) is 6.24. The molecule has 1 atom stereocenters. The Morgan fingerprint density at radius 2 is 2.00 bits per heavy atom. The van der Waals surface area contributed by atoms with Gasteiger partial charge >= 0.3 is 0 Å². The molecule has 2 aromatic rings. The third-order valence-corrected chi connectivity index (χ3v) is 3.34. The molecule has 0 spiro atoms. The van der Waals surface area contributed by atoms with Crippen molar-refractivity contribution in [3.05, 3.63) is 47.2 Å². The molecule has 0 radical (unpaired) electrons. The fourth-order valence-electron chi connectivity index (χ4n) is 1.98. The van der Waals surface area contributed by atoms with Crippen molar-refractivity contribution >= 4 is 17.3 Å². The van der Waals surface area contributed by atoms with E-state index in [4.69, 9.17) is 21.1 Å². The van der Waals surface area contributed by atoms with Gasteiger partial charge in [-0.25, -0.2) is 4.98 Å². The van der Waals surface area contributed by atoms with Crippen LogP contribution in [0.2, 0.25) is 5.15 Å². The molecule has 0 aliphatic carbocycles. The molecule has 0 aliphatic rings. The zero-order valence-corrected chi connectivity index (χ0v) is 12.4. The Kier molecular flexibility index (Phi) is 4.69. The average Bonchev–Trinajstić information content (AvgIpc) is 2.48. The van der Waals surface area contributed by atoms with Crippen molar-refractivity contribution in [3.8, 4) is 11.5 Å². The van der Waals surface area contributed by atoms with Crippen LogP contribution in [0.3, 0.4) is 0 Å². The second-order valence-corrected chi connectivity index (χ2v) is 4.67. The summed E-state index contributed by atoms with van der Waals surface area (Å²) in [7, 11) is 3.27. The monoisotopic (exact) mass is 292 g/mol. The summed E-state index contributed by atoms with van der Waals surface area (Å²) in [4.78, 5) is 4.05. The smallest absolute Gasteiger partial charge is 0.152 e. The van der Waals surface area contributed by atoms with Crippen LogP contribution in [0.15, 0.2) is 36.5 Å². The van der Waals surface area contributed by atoms with Gasteiger partial charge in [0.2, 0.25) is 0 Å². The molecule has 2 rings (SSSR count). The van der Waals surface area contributed by atoms with Gasteiger partial charge in [0.25, 0.3) is 0 Å². The SMILES string of the molecule is COc1ccc(C(C)Nc2cccnc2Cl)c(OC)c1. The van der Waals surface area contributed by atoms with Crippen molar-refractivity contribution in [2.24, 2.45) is 0 Å². The van der Waals surface area contributed by atoms with Crippen LogP contribution in [-0.4, -0.2) is 19.2 Å². The van der Waals surface area contributed by atoms with Crippen LogP contribution in [0.5, 0.6) is 11.5 Å². The lowest BCUT2D eigenvalue weighted by atomic mass is 10.1. The zero-order valence-electron chi connectivity index (χ0n) is 11.7. The molecule has 0 fully saturated rings. The fraction of sp³-hybridized carbons (Fsp3) is 0.267. The van der Waals surface area contributed by atoms with Crippen molar-refractivity contribution in [1.82, 2.24) is 4.98 Å². The summed E-state index contributed by atoms with van der Waals surface area (Å²) < 4.78 is 10.6. The van der Waals surface area contributed by atoms with E-state index in [0.29, 0.717) is 5.15 Å². The molecular weight excluding hydrogens is 276 g/mol. The third-order valence-electron chi connectivity index (χ3n) is 3.04. The largest absolute Gasteiger partial charge is 0.497 e. The maximum absolute atomic E-state index is 6.05. The molecule has 0 aliphatic heterocycles. The van der Waals surface area contributed by atoms with Crippen molar-refractivity contribution in [2.45, 2.75) is 13.0 Å². The van der Waals surface area contributed by atoms with E-state index < -0.39 is 0 Å². The summed E-state index contributed by atoms with van der Waals surface area (Å²) in [6.07, 6.45) is 1.66. The summed E-state index contributed by atoms with van der Waals surface area (Å²) in [6.45, 7) is 2.04. The van der Waals surface area contributed by atoms with Gasteiger partial charge in [0.05, 0.1) is 25.9 Å². The van der Waals surface area contributed by atoms with Crippen LogP contribution < -0.4 is 14.8 Å². The lowest BCUT2D eigenvalue weighted by molar-refractivity contribution is 0.390. The molecular formula is C15H17ClN2O2. The van der Waals surface area contributed by atoms with Crippen LogP contribution in [-0.2, 0) is 0 Å². The van der Waals surface area contributed by atoms with E-state index in [9.17, 15) is 0 Å². The van der Waals surface area contributed by atoms with E-state index in [1.54, 1.807) is 20.4 Å². The maximum Gasteiger partial charge on any atom is 0.152 e. The lowest BCUT2D eigenvalue weighted by Gasteiger charge is -2.19. The predicted octanol–water partition coefficient (Wildman–Crippen LogP) is 3.93. The number of halogens is 1. The van der Waals surface area contributed by atoms with Crippen LogP contribution in [0.1, 0.15) is 18.5 Å². The first-order valence-corrected chi connectivity index (χ1v) is 6.62. The molecule has 0 bridgehead atoms. The Bertz CT molecular complexity index is 590. The highest BCUT2D eigenvalue weighted by atomic mass is 35.5. The van der Waals surface area contributed by atoms with E-state index in [1.807, 2.05) is 37.3 Å². The molecule has 1 heterocycles. The number of benzene rings is 1. The second-order valence-electron chi connectivity index (χ2n) is 4.32. The molecule has 4 nitrogen and oxygen atoms in total. The molecule has 1 aromatic heterocycles. The summed E-state index contributed by atoms with van der Waals surface area (Å²) in [6, 6.07) is 9.49. The Labute approximate surface area is 123 Å². The molecule has 0 saturated carbocycles. The first kappa shape index (κ1) is 14.5. The number of pyridine rings is 1. The van der Waals surface area contributed by atoms with E-state index in [0.717, 1.165) is 22.7 Å². The number of ether oxygens (including phenoxy) is 2. The Morgan fingerprint density at radius 1 is 1.20 bits per heavy atom. The summed E-state index contributed by atoms with van der Waals surface area (Å²) in [5.74, 6) is 1.53. The molecule has 0 saturated heterocycles. The lowest BCUT2D eigenvalue weighted by Crippen LogP contribution is -2.09. The molecule has 1 N–H and O–H groups in total. The van der Waals surface area contributed by atoms with Gasteiger partial charge in [0, 0.05) is 17.8 Å². The van der Waals surface area contributed by atoms with Crippen LogP contribution in [0, 0.1) is 0 Å². The van der Waals surface area contributed by atoms with Crippen molar-refractivity contribution in [3.63, 3.8) is 0 Å². The number of hydrogen-bond acceptors (Lipinski definition) is 4. The second kappa shape index (κ2) is 6.48. The third kappa shape index (κ3) is 3.14. The zero-order chi connectivity index (χ0) is 14.5. The predicted molar refractivity (Wildman–Crippen MR) is 80.8 cm³/mol. The Balaban J connectivity index is 2.25. The quantitative estimate of drug-likeness (QED) is 0.848. The minimum Gasteiger partial charge on any atom is -0.497 e. The topological polar surface area (TPSA) is 43.4 Å². The normalized spacial score (nSPS) is 11.8. The van der Waals surface area contributed by atoms with Crippen molar-refractivity contribution in [2.75, 3.05) is 19.5 Å². The maximum atomic E-state index is 6.05. The van der Waals surface area contributed by atoms with Gasteiger partial charge < -0.3 is 14.8 Å². The fourth-order valence-corrected chi connectivity index (χ4v) is 2.15. The molecule has 0 amide bonds. The van der Waals surface area contributed by atoms with E-state index in [2.05, 4.69) is 10.3 Å². The van der Waals surface area contributed by atoms with Gasteiger partial charge in [0.1, 0.15) is 11.5 Å². The van der Waals surface area contributed by atoms with Gasteiger partial charge in [-0.3, -0.25) is 0 Å². The molecule has 20 heavy (non-hydrogen) atoms. The van der Waals surface area contributed by atoms with Crippen LogP contribution in [0.4, 0.5) is 5.69 Å². The highest BCUT2D eigenvalue weighted by Gasteiger charge is 2.13. The minimum absolute atomic E-state index is 0.0255. The number of anilines is 1. The van der Waals surface area contributed by atoms with Crippen molar-refractivity contribution < 1.29 is 9.47 Å². The molecule has 1 aromatic carbocycles. The Morgan fingerprint density at radius 3 is 2.65 bits per heavy atom. The highest BCUT2D eigenvalue weighted by Crippen LogP contribution is 2.32. The number of nitrogens with zero attached hydrogens (tertiary/aromatic N) is 1. The molecule has 106 valence electrons. The molecule has 1 unspecified atom stereocenters. The highest BCUT2D eigenvalue weighted by molar-refractivity contribution is 6.31. The number of hydrogen-bond donors (Lipinski definition) is 1. The number of aromatic nitrogens is 1. The Hall–Kier alpha value is -1.94. The number of rotatable bonds is 5. The van der Waals surface area contributed by atoms with Gasteiger partial charge in [-0.1, -0.05) is 11.6 Å². The van der Waals surface area contributed by atoms with Gasteiger partial charge in [-0.2, -0.15) is 0 Å². The van der Waals surface area contributed by atoms with Crippen LogP contribution in [0.25, 0.3) is 0 Å². The average molecular weight is 293 g/mol. The standard InChI is InChI=1S/C15H17ClN2O2/c1-10(18-13-5-4-8-17-15(13)16)12-7-6-11(19-2)9-14(12)20-3/h4-10,18H,1-3H3. The summed E-state index contributed by atoms with van der Waals surface area (Å²) in [5.41, 5.74) is 1.81. The summed E-state index contributed by atoms with van der Waals surface area (Å²) >= 11 is 6.05. The van der Waals surface area contributed by atoms with Gasteiger partial charge in [0.15, 0.2) is 5.15 Å². The van der Waals surface area contributed by atoms with Crippen LogP contribution >= 0.6 is 11.6 Å². The number of nitrogens with one attached hydrogen (secondary N) is 1. The minimum atomic E-state index is 0.0255. The summed E-state index contributed by atoms with van der Waals surface area (Å²) in [5, 5.41) is 3.77. The van der Waals surface area contributed by atoms with Gasteiger partial charge in [-0.05, 0) is 31.2 Å². The van der Waals surface area contributed by atoms with E-state index in [1.165, 1.54) is 0 Å². The van der Waals surface area contributed by atoms with Crippen molar-refractivity contribution in [1.29, 1.82) is 0 Å². The first-order chi connectivity index (χ1) is 9.65. The van der Waals surface area contributed by atoms with Gasteiger partial charge in [-0.15, -0.1) is 0 Å². The van der Waals surface area contributed by atoms with E-state index >= 15 is 0 Å². The molecule has 5 heteroatoms. The van der Waals surface area contributed by atoms with E-state index in [-0.39, 0.29) is 6.04 Å².